The quantitative estimate of drug-likeness (QED) is 0.866. The van der Waals surface area contributed by atoms with E-state index in [1.54, 1.807) is 0 Å². The van der Waals surface area contributed by atoms with Crippen molar-refractivity contribution in [2.24, 2.45) is 5.73 Å². The minimum absolute atomic E-state index is 0.324. The Labute approximate surface area is 104 Å². The van der Waals surface area contributed by atoms with Crippen LogP contribution in [-0.4, -0.2) is 30.1 Å². The molecule has 3 nitrogen and oxygen atoms in total. The average Bonchev–Trinajstić information content (AvgIpc) is 2.62. The SMILES string of the molecule is CCOc1cccc(CN2CCC(N)C2C)c1. The van der Waals surface area contributed by atoms with Gasteiger partial charge in [0, 0.05) is 25.2 Å². The Balaban J connectivity index is 2.01. The topological polar surface area (TPSA) is 38.5 Å². The lowest BCUT2D eigenvalue weighted by molar-refractivity contribution is 0.251. The molecule has 0 bridgehead atoms. The number of ether oxygens (including phenoxy) is 1. The molecule has 0 spiro atoms. The molecular formula is C14H22N2O. The minimum Gasteiger partial charge on any atom is -0.494 e. The normalized spacial score (nSPS) is 25.1. The van der Waals surface area contributed by atoms with Crippen LogP contribution in [0.1, 0.15) is 25.8 Å². The van der Waals surface area contributed by atoms with Gasteiger partial charge >= 0.3 is 0 Å². The van der Waals surface area contributed by atoms with Crippen LogP contribution in [0.5, 0.6) is 5.75 Å². The summed E-state index contributed by atoms with van der Waals surface area (Å²) in [6.45, 7) is 7.00. The third-order valence-corrected chi connectivity index (χ3v) is 3.54. The summed E-state index contributed by atoms with van der Waals surface area (Å²) in [7, 11) is 0. The van der Waals surface area contributed by atoms with Gasteiger partial charge in [0.25, 0.3) is 0 Å². The Hall–Kier alpha value is -1.06. The maximum atomic E-state index is 6.03. The van der Waals surface area contributed by atoms with Crippen LogP contribution in [0.15, 0.2) is 24.3 Å². The summed E-state index contributed by atoms with van der Waals surface area (Å²) in [6, 6.07) is 9.14. The highest BCUT2D eigenvalue weighted by Crippen LogP contribution is 2.21. The molecule has 1 aromatic carbocycles. The number of likely N-dealkylation sites (tertiary alicyclic amines) is 1. The molecule has 2 rings (SSSR count). The summed E-state index contributed by atoms with van der Waals surface area (Å²) in [5.41, 5.74) is 7.34. The number of benzene rings is 1. The number of nitrogens with zero attached hydrogens (tertiary/aromatic N) is 1. The average molecular weight is 234 g/mol. The highest BCUT2D eigenvalue weighted by molar-refractivity contribution is 5.28. The third-order valence-electron chi connectivity index (χ3n) is 3.54. The van der Waals surface area contributed by atoms with Crippen LogP contribution >= 0.6 is 0 Å². The van der Waals surface area contributed by atoms with Gasteiger partial charge in [0.1, 0.15) is 5.75 Å². The Morgan fingerprint density at radius 3 is 2.94 bits per heavy atom. The molecule has 1 heterocycles. The first-order valence-corrected chi connectivity index (χ1v) is 6.42. The molecule has 2 N–H and O–H groups in total. The van der Waals surface area contributed by atoms with E-state index in [4.69, 9.17) is 10.5 Å². The molecule has 1 aliphatic rings. The van der Waals surface area contributed by atoms with Gasteiger partial charge in [-0.05, 0) is 38.0 Å². The summed E-state index contributed by atoms with van der Waals surface area (Å²) < 4.78 is 5.52. The van der Waals surface area contributed by atoms with Crippen LogP contribution in [0, 0.1) is 0 Å². The molecule has 1 aromatic rings. The largest absolute Gasteiger partial charge is 0.494 e. The fourth-order valence-corrected chi connectivity index (χ4v) is 2.39. The molecular weight excluding hydrogens is 212 g/mol. The van der Waals surface area contributed by atoms with Gasteiger partial charge in [-0.3, -0.25) is 4.90 Å². The molecule has 1 saturated heterocycles. The smallest absolute Gasteiger partial charge is 0.119 e. The van der Waals surface area contributed by atoms with E-state index in [-0.39, 0.29) is 0 Å². The zero-order valence-electron chi connectivity index (χ0n) is 10.7. The molecule has 2 atom stereocenters. The van der Waals surface area contributed by atoms with E-state index < -0.39 is 0 Å². The molecule has 0 radical (unpaired) electrons. The first kappa shape index (κ1) is 12.4. The predicted molar refractivity (Wildman–Crippen MR) is 70.1 cm³/mol. The van der Waals surface area contributed by atoms with Crippen LogP contribution in [0.3, 0.4) is 0 Å². The number of nitrogens with two attached hydrogens (primary N) is 1. The van der Waals surface area contributed by atoms with E-state index >= 15 is 0 Å². The van der Waals surface area contributed by atoms with E-state index in [9.17, 15) is 0 Å². The number of hydrogen-bond acceptors (Lipinski definition) is 3. The summed E-state index contributed by atoms with van der Waals surface area (Å²) in [4.78, 5) is 2.44. The molecule has 1 aliphatic heterocycles. The van der Waals surface area contributed by atoms with Gasteiger partial charge in [0.2, 0.25) is 0 Å². The lowest BCUT2D eigenvalue weighted by atomic mass is 10.1. The van der Waals surface area contributed by atoms with E-state index in [2.05, 4.69) is 30.0 Å². The second-order valence-electron chi connectivity index (χ2n) is 4.74. The van der Waals surface area contributed by atoms with E-state index in [1.807, 2.05) is 13.0 Å². The van der Waals surface area contributed by atoms with Gasteiger partial charge in [-0.2, -0.15) is 0 Å². The van der Waals surface area contributed by atoms with Gasteiger partial charge in [0.05, 0.1) is 6.61 Å². The lowest BCUT2D eigenvalue weighted by Crippen LogP contribution is -2.36. The van der Waals surface area contributed by atoms with Crippen molar-refractivity contribution in [3.05, 3.63) is 29.8 Å². The van der Waals surface area contributed by atoms with Gasteiger partial charge in [0.15, 0.2) is 0 Å². The van der Waals surface area contributed by atoms with Crippen molar-refractivity contribution in [3.63, 3.8) is 0 Å². The highest BCUT2D eigenvalue weighted by Gasteiger charge is 2.27. The fourth-order valence-electron chi connectivity index (χ4n) is 2.39. The maximum Gasteiger partial charge on any atom is 0.119 e. The summed E-state index contributed by atoms with van der Waals surface area (Å²) in [5, 5.41) is 0. The van der Waals surface area contributed by atoms with E-state index in [0.717, 1.165) is 25.3 Å². The third kappa shape index (κ3) is 2.99. The van der Waals surface area contributed by atoms with Crippen LogP contribution in [0.2, 0.25) is 0 Å². The molecule has 2 unspecified atom stereocenters. The monoisotopic (exact) mass is 234 g/mol. The Morgan fingerprint density at radius 2 is 2.29 bits per heavy atom. The van der Waals surface area contributed by atoms with Crippen molar-refractivity contribution < 1.29 is 4.74 Å². The van der Waals surface area contributed by atoms with Crippen LogP contribution < -0.4 is 10.5 Å². The van der Waals surface area contributed by atoms with Gasteiger partial charge in [-0.15, -0.1) is 0 Å². The molecule has 0 aliphatic carbocycles. The van der Waals surface area contributed by atoms with Crippen molar-refractivity contribution in [3.8, 4) is 5.75 Å². The Bertz CT molecular complexity index is 367. The van der Waals surface area contributed by atoms with Crippen molar-refractivity contribution in [2.45, 2.75) is 38.9 Å². The lowest BCUT2D eigenvalue weighted by Gasteiger charge is -2.23. The Morgan fingerprint density at radius 1 is 1.47 bits per heavy atom. The van der Waals surface area contributed by atoms with E-state index in [0.29, 0.717) is 18.7 Å². The molecule has 0 amide bonds. The molecule has 94 valence electrons. The number of rotatable bonds is 4. The number of hydrogen-bond donors (Lipinski definition) is 1. The molecule has 1 fully saturated rings. The van der Waals surface area contributed by atoms with Crippen molar-refractivity contribution in [1.82, 2.24) is 4.90 Å². The highest BCUT2D eigenvalue weighted by atomic mass is 16.5. The van der Waals surface area contributed by atoms with Crippen molar-refractivity contribution in [2.75, 3.05) is 13.2 Å². The predicted octanol–water partition coefficient (Wildman–Crippen LogP) is 2.01. The first-order valence-electron chi connectivity index (χ1n) is 6.42. The van der Waals surface area contributed by atoms with Gasteiger partial charge < -0.3 is 10.5 Å². The zero-order valence-corrected chi connectivity index (χ0v) is 10.7. The van der Waals surface area contributed by atoms with Gasteiger partial charge in [-0.1, -0.05) is 12.1 Å². The van der Waals surface area contributed by atoms with Crippen LogP contribution in [0.4, 0.5) is 0 Å². The molecule has 0 aromatic heterocycles. The second-order valence-corrected chi connectivity index (χ2v) is 4.74. The van der Waals surface area contributed by atoms with Crippen LogP contribution in [0.25, 0.3) is 0 Å². The summed E-state index contributed by atoms with van der Waals surface area (Å²) in [6.07, 6.45) is 1.10. The molecule has 3 heteroatoms. The molecule has 0 saturated carbocycles. The van der Waals surface area contributed by atoms with Crippen molar-refractivity contribution >= 4 is 0 Å². The van der Waals surface area contributed by atoms with E-state index in [1.165, 1.54) is 5.56 Å². The van der Waals surface area contributed by atoms with Crippen molar-refractivity contribution in [1.29, 1.82) is 0 Å². The van der Waals surface area contributed by atoms with Gasteiger partial charge in [-0.25, -0.2) is 0 Å². The maximum absolute atomic E-state index is 6.03. The Kier molecular flexibility index (Phi) is 4.02. The van der Waals surface area contributed by atoms with Crippen LogP contribution in [-0.2, 0) is 6.54 Å². The summed E-state index contributed by atoms with van der Waals surface area (Å²) >= 11 is 0. The standard InChI is InChI=1S/C14H22N2O/c1-3-17-13-6-4-5-12(9-13)10-16-8-7-14(15)11(16)2/h4-6,9,11,14H,3,7-8,10,15H2,1-2H3. The minimum atomic E-state index is 0.324. The first-order chi connectivity index (χ1) is 8.20. The molecule has 17 heavy (non-hydrogen) atoms. The second kappa shape index (κ2) is 5.52. The zero-order chi connectivity index (χ0) is 12.3. The summed E-state index contributed by atoms with van der Waals surface area (Å²) in [5.74, 6) is 0.959. The fraction of sp³-hybridized carbons (Fsp3) is 0.571.